The maximum atomic E-state index is 11.3. The van der Waals surface area contributed by atoms with E-state index in [0.29, 0.717) is 17.7 Å². The monoisotopic (exact) mass is 244 g/mol. The van der Waals surface area contributed by atoms with Crippen LogP contribution in [0.25, 0.3) is 5.69 Å². The van der Waals surface area contributed by atoms with Gasteiger partial charge in [0.2, 0.25) is 0 Å². The third-order valence-electron chi connectivity index (χ3n) is 3.05. The number of carboxylic acids is 1. The fraction of sp³-hybridized carbons (Fsp3) is 0.286. The number of hydrogen-bond acceptors (Lipinski definition) is 2. The van der Waals surface area contributed by atoms with Crippen molar-refractivity contribution in [2.45, 2.75) is 27.2 Å². The molecule has 1 aromatic heterocycles. The molecule has 0 spiro atoms. The molecule has 0 saturated carbocycles. The summed E-state index contributed by atoms with van der Waals surface area (Å²) >= 11 is 0. The summed E-state index contributed by atoms with van der Waals surface area (Å²) in [6.07, 6.45) is 0.636. The van der Waals surface area contributed by atoms with Crippen LogP contribution >= 0.6 is 0 Å². The van der Waals surface area contributed by atoms with E-state index in [1.807, 2.05) is 38.1 Å². The van der Waals surface area contributed by atoms with Gasteiger partial charge in [-0.05, 0) is 31.9 Å². The molecule has 0 saturated heterocycles. The zero-order chi connectivity index (χ0) is 13.3. The number of aromatic nitrogens is 2. The highest BCUT2D eigenvalue weighted by atomic mass is 16.4. The summed E-state index contributed by atoms with van der Waals surface area (Å²) in [7, 11) is 0. The van der Waals surface area contributed by atoms with Gasteiger partial charge < -0.3 is 5.11 Å². The number of hydrogen-bond donors (Lipinski definition) is 1. The molecular weight excluding hydrogens is 228 g/mol. The first-order chi connectivity index (χ1) is 8.56. The fourth-order valence-electron chi connectivity index (χ4n) is 2.18. The van der Waals surface area contributed by atoms with Crippen LogP contribution < -0.4 is 0 Å². The molecule has 94 valence electrons. The van der Waals surface area contributed by atoms with Crippen LogP contribution in [-0.2, 0) is 6.42 Å². The van der Waals surface area contributed by atoms with E-state index in [2.05, 4.69) is 5.10 Å². The molecule has 18 heavy (non-hydrogen) atoms. The van der Waals surface area contributed by atoms with Crippen molar-refractivity contribution in [1.29, 1.82) is 0 Å². The summed E-state index contributed by atoms with van der Waals surface area (Å²) in [5.74, 6) is -0.913. The van der Waals surface area contributed by atoms with E-state index in [0.717, 1.165) is 16.9 Å². The molecule has 0 aliphatic heterocycles. The van der Waals surface area contributed by atoms with Gasteiger partial charge in [-0.2, -0.15) is 5.10 Å². The molecule has 0 aliphatic rings. The highest BCUT2D eigenvalue weighted by Gasteiger charge is 2.20. The van der Waals surface area contributed by atoms with E-state index in [9.17, 15) is 9.90 Å². The third kappa shape index (κ3) is 1.90. The van der Waals surface area contributed by atoms with E-state index in [4.69, 9.17) is 0 Å². The largest absolute Gasteiger partial charge is 0.478 e. The average molecular weight is 244 g/mol. The third-order valence-corrected chi connectivity index (χ3v) is 3.05. The highest BCUT2D eigenvalue weighted by molar-refractivity contribution is 5.90. The molecule has 0 radical (unpaired) electrons. The van der Waals surface area contributed by atoms with Gasteiger partial charge in [0.1, 0.15) is 5.56 Å². The van der Waals surface area contributed by atoms with Gasteiger partial charge in [-0.3, -0.25) is 0 Å². The lowest BCUT2D eigenvalue weighted by Gasteiger charge is -2.09. The van der Waals surface area contributed by atoms with E-state index < -0.39 is 5.97 Å². The van der Waals surface area contributed by atoms with Crippen LogP contribution in [0.15, 0.2) is 24.3 Å². The maximum absolute atomic E-state index is 11.3. The van der Waals surface area contributed by atoms with Crippen LogP contribution in [0.5, 0.6) is 0 Å². The van der Waals surface area contributed by atoms with Crippen molar-refractivity contribution in [2.24, 2.45) is 0 Å². The van der Waals surface area contributed by atoms with Gasteiger partial charge in [0, 0.05) is 0 Å². The van der Waals surface area contributed by atoms with Crippen molar-refractivity contribution in [3.63, 3.8) is 0 Å². The first-order valence-corrected chi connectivity index (χ1v) is 5.94. The molecule has 1 N–H and O–H groups in total. The van der Waals surface area contributed by atoms with Crippen molar-refractivity contribution in [2.75, 3.05) is 0 Å². The van der Waals surface area contributed by atoms with Crippen LogP contribution in [0.4, 0.5) is 0 Å². The van der Waals surface area contributed by atoms with Crippen molar-refractivity contribution >= 4 is 5.97 Å². The number of benzene rings is 1. The topological polar surface area (TPSA) is 55.1 Å². The molecule has 0 aliphatic carbocycles. The average Bonchev–Trinajstić information content (AvgIpc) is 2.66. The SMILES string of the molecule is CCc1c(C(=O)O)c(C)nn1-c1ccccc1C. The van der Waals surface area contributed by atoms with Gasteiger partial charge in [0.05, 0.1) is 17.1 Å². The number of para-hydroxylation sites is 1. The predicted octanol–water partition coefficient (Wildman–Crippen LogP) is 2.75. The van der Waals surface area contributed by atoms with E-state index in [1.165, 1.54) is 0 Å². The Morgan fingerprint density at radius 2 is 2.00 bits per heavy atom. The Labute approximate surface area is 106 Å². The van der Waals surface area contributed by atoms with Gasteiger partial charge in [-0.25, -0.2) is 9.48 Å². The second-order valence-corrected chi connectivity index (χ2v) is 4.26. The number of aromatic carboxylic acids is 1. The lowest BCUT2D eigenvalue weighted by molar-refractivity contribution is 0.0695. The molecule has 4 heteroatoms. The molecule has 0 unspecified atom stereocenters. The predicted molar refractivity (Wildman–Crippen MR) is 69.4 cm³/mol. The molecule has 1 aromatic carbocycles. The van der Waals surface area contributed by atoms with Gasteiger partial charge in [0.25, 0.3) is 0 Å². The zero-order valence-corrected chi connectivity index (χ0v) is 10.8. The van der Waals surface area contributed by atoms with Crippen molar-refractivity contribution in [1.82, 2.24) is 9.78 Å². The van der Waals surface area contributed by atoms with Gasteiger partial charge in [-0.1, -0.05) is 25.1 Å². The smallest absolute Gasteiger partial charge is 0.339 e. The quantitative estimate of drug-likeness (QED) is 0.903. The number of carboxylic acid groups (broad SMARTS) is 1. The molecule has 0 atom stereocenters. The standard InChI is InChI=1S/C14H16N2O2/c1-4-11-13(14(17)18)10(3)15-16(11)12-8-6-5-7-9(12)2/h5-8H,4H2,1-3H3,(H,17,18). The Kier molecular flexibility index (Phi) is 3.19. The minimum absolute atomic E-state index is 0.320. The van der Waals surface area contributed by atoms with Crippen LogP contribution in [0.2, 0.25) is 0 Å². The second-order valence-electron chi connectivity index (χ2n) is 4.26. The van der Waals surface area contributed by atoms with Crippen LogP contribution in [0.1, 0.15) is 34.2 Å². The van der Waals surface area contributed by atoms with Crippen molar-refractivity contribution in [3.8, 4) is 5.69 Å². The van der Waals surface area contributed by atoms with E-state index >= 15 is 0 Å². The Morgan fingerprint density at radius 1 is 1.33 bits per heavy atom. The summed E-state index contributed by atoms with van der Waals surface area (Å²) in [5, 5.41) is 13.6. The van der Waals surface area contributed by atoms with Crippen molar-refractivity contribution in [3.05, 3.63) is 46.8 Å². The summed E-state index contributed by atoms with van der Waals surface area (Å²) in [6, 6.07) is 7.83. The van der Waals surface area contributed by atoms with Crippen molar-refractivity contribution < 1.29 is 9.90 Å². The fourth-order valence-corrected chi connectivity index (χ4v) is 2.18. The summed E-state index contributed by atoms with van der Waals surface area (Å²) < 4.78 is 1.74. The number of nitrogens with zero attached hydrogens (tertiary/aromatic N) is 2. The molecule has 0 fully saturated rings. The Morgan fingerprint density at radius 3 is 2.56 bits per heavy atom. The van der Waals surface area contributed by atoms with Gasteiger partial charge >= 0.3 is 5.97 Å². The minimum Gasteiger partial charge on any atom is -0.478 e. The molecular formula is C14H16N2O2. The highest BCUT2D eigenvalue weighted by Crippen LogP contribution is 2.21. The maximum Gasteiger partial charge on any atom is 0.339 e. The Bertz CT molecular complexity index is 600. The zero-order valence-electron chi connectivity index (χ0n) is 10.8. The number of aryl methyl sites for hydroxylation is 2. The van der Waals surface area contributed by atoms with Gasteiger partial charge in [-0.15, -0.1) is 0 Å². The first kappa shape index (κ1) is 12.4. The summed E-state index contributed by atoms with van der Waals surface area (Å²) in [4.78, 5) is 11.3. The van der Waals surface area contributed by atoms with Crippen LogP contribution in [0, 0.1) is 13.8 Å². The van der Waals surface area contributed by atoms with Crippen LogP contribution in [-0.4, -0.2) is 20.9 Å². The molecule has 2 aromatic rings. The summed E-state index contributed by atoms with van der Waals surface area (Å²) in [6.45, 7) is 5.67. The molecule has 2 rings (SSSR count). The Hall–Kier alpha value is -2.10. The minimum atomic E-state index is -0.913. The van der Waals surface area contributed by atoms with E-state index in [-0.39, 0.29) is 0 Å². The lowest BCUT2D eigenvalue weighted by Crippen LogP contribution is -2.06. The molecule has 1 heterocycles. The first-order valence-electron chi connectivity index (χ1n) is 5.94. The summed E-state index contributed by atoms with van der Waals surface area (Å²) in [5.41, 5.74) is 3.63. The second kappa shape index (κ2) is 4.64. The molecule has 0 bridgehead atoms. The number of rotatable bonds is 3. The number of carbonyl (C=O) groups is 1. The Balaban J connectivity index is 2.70. The lowest BCUT2D eigenvalue weighted by atomic mass is 10.1. The van der Waals surface area contributed by atoms with Gasteiger partial charge in [0.15, 0.2) is 0 Å². The normalized spacial score (nSPS) is 10.6. The molecule has 4 nitrogen and oxygen atoms in total. The van der Waals surface area contributed by atoms with E-state index in [1.54, 1.807) is 11.6 Å². The molecule has 0 amide bonds. The van der Waals surface area contributed by atoms with Crippen LogP contribution in [0.3, 0.4) is 0 Å².